The first-order valence-electron chi connectivity index (χ1n) is 5.47. The Morgan fingerprint density at radius 1 is 1.26 bits per heavy atom. The molecule has 3 N–H and O–H groups in total. The standard InChI is InChI=1S/C12H11BrN4O2/c13-9-3-1-8(2-4-9)12(19)14-7-11(18)17-10-5-15-16-6-10/h1-6H,7H2,(H,14,19)(H,15,16)(H,17,18). The first kappa shape index (κ1) is 13.3. The van der Waals surface area contributed by atoms with E-state index in [1.807, 2.05) is 0 Å². The summed E-state index contributed by atoms with van der Waals surface area (Å²) in [5.74, 6) is -0.610. The summed E-state index contributed by atoms with van der Waals surface area (Å²) in [6.07, 6.45) is 3.03. The minimum absolute atomic E-state index is 0.0971. The molecule has 98 valence electrons. The molecule has 0 unspecified atom stereocenters. The highest BCUT2D eigenvalue weighted by Crippen LogP contribution is 2.10. The normalized spacial score (nSPS) is 9.95. The number of carbonyl (C=O) groups is 2. The number of halogens is 1. The lowest BCUT2D eigenvalue weighted by atomic mass is 10.2. The molecule has 0 fully saturated rings. The number of amides is 2. The van der Waals surface area contributed by atoms with Crippen LogP contribution in [0.25, 0.3) is 0 Å². The molecule has 0 aliphatic carbocycles. The number of hydrogen-bond acceptors (Lipinski definition) is 3. The van der Waals surface area contributed by atoms with Crippen molar-refractivity contribution >= 4 is 33.4 Å². The van der Waals surface area contributed by atoms with Gasteiger partial charge in [0.1, 0.15) is 0 Å². The van der Waals surface area contributed by atoms with Crippen LogP contribution in [0.1, 0.15) is 10.4 Å². The summed E-state index contributed by atoms with van der Waals surface area (Å²) >= 11 is 3.29. The predicted octanol–water partition coefficient (Wildman–Crippen LogP) is 1.54. The number of nitrogens with zero attached hydrogens (tertiary/aromatic N) is 1. The second-order valence-electron chi connectivity index (χ2n) is 3.72. The van der Waals surface area contributed by atoms with Crippen molar-refractivity contribution in [2.45, 2.75) is 0 Å². The van der Waals surface area contributed by atoms with Gasteiger partial charge in [0.05, 0.1) is 18.4 Å². The molecule has 0 spiro atoms. The van der Waals surface area contributed by atoms with Crippen LogP contribution in [-0.4, -0.2) is 28.6 Å². The fourth-order valence-electron chi connectivity index (χ4n) is 1.39. The van der Waals surface area contributed by atoms with E-state index in [4.69, 9.17) is 0 Å². The van der Waals surface area contributed by atoms with Crippen LogP contribution in [0, 0.1) is 0 Å². The average molecular weight is 323 g/mol. The maximum atomic E-state index is 11.7. The summed E-state index contributed by atoms with van der Waals surface area (Å²) in [4.78, 5) is 23.3. The van der Waals surface area contributed by atoms with Crippen molar-refractivity contribution < 1.29 is 9.59 Å². The van der Waals surface area contributed by atoms with E-state index in [1.165, 1.54) is 6.20 Å². The van der Waals surface area contributed by atoms with E-state index < -0.39 is 0 Å². The van der Waals surface area contributed by atoms with Gasteiger partial charge in [-0.3, -0.25) is 14.7 Å². The van der Waals surface area contributed by atoms with Gasteiger partial charge in [0.25, 0.3) is 5.91 Å². The third-order valence-corrected chi connectivity index (χ3v) is 2.83. The SMILES string of the molecule is O=C(CNC(=O)c1ccc(Br)cc1)Nc1cn[nH]c1. The minimum atomic E-state index is -0.313. The Labute approximate surface area is 117 Å². The molecule has 7 heteroatoms. The summed E-state index contributed by atoms with van der Waals surface area (Å²) in [6, 6.07) is 6.88. The molecule has 0 saturated carbocycles. The van der Waals surface area contributed by atoms with Crippen LogP contribution in [0.2, 0.25) is 0 Å². The maximum Gasteiger partial charge on any atom is 0.251 e. The van der Waals surface area contributed by atoms with E-state index in [0.717, 1.165) is 4.47 Å². The Kier molecular flexibility index (Phi) is 4.30. The largest absolute Gasteiger partial charge is 0.343 e. The fourth-order valence-corrected chi connectivity index (χ4v) is 1.65. The first-order chi connectivity index (χ1) is 9.15. The number of anilines is 1. The molecule has 6 nitrogen and oxygen atoms in total. The second-order valence-corrected chi connectivity index (χ2v) is 4.64. The van der Waals surface area contributed by atoms with E-state index in [0.29, 0.717) is 11.3 Å². The fraction of sp³-hybridized carbons (Fsp3) is 0.0833. The van der Waals surface area contributed by atoms with Crippen molar-refractivity contribution in [2.24, 2.45) is 0 Å². The zero-order chi connectivity index (χ0) is 13.7. The van der Waals surface area contributed by atoms with Crippen molar-refractivity contribution in [1.29, 1.82) is 0 Å². The van der Waals surface area contributed by atoms with Gasteiger partial charge < -0.3 is 10.6 Å². The number of aromatic nitrogens is 2. The summed E-state index contributed by atoms with van der Waals surface area (Å²) in [5, 5.41) is 11.4. The molecule has 2 aromatic rings. The summed E-state index contributed by atoms with van der Waals surface area (Å²) < 4.78 is 0.891. The number of aromatic amines is 1. The molecule has 0 atom stereocenters. The molecule has 1 heterocycles. The highest BCUT2D eigenvalue weighted by atomic mass is 79.9. The van der Waals surface area contributed by atoms with E-state index in [2.05, 4.69) is 36.8 Å². The van der Waals surface area contributed by atoms with Gasteiger partial charge in [0, 0.05) is 16.2 Å². The van der Waals surface area contributed by atoms with E-state index >= 15 is 0 Å². The molecule has 1 aromatic heterocycles. The van der Waals surface area contributed by atoms with Gasteiger partial charge >= 0.3 is 0 Å². The molecule has 0 aliphatic rings. The molecule has 1 aromatic carbocycles. The third-order valence-electron chi connectivity index (χ3n) is 2.30. The van der Waals surface area contributed by atoms with Crippen molar-refractivity contribution in [1.82, 2.24) is 15.5 Å². The molecule has 0 radical (unpaired) electrons. The van der Waals surface area contributed by atoms with Gasteiger partial charge in [-0.05, 0) is 24.3 Å². The lowest BCUT2D eigenvalue weighted by Crippen LogP contribution is -2.32. The van der Waals surface area contributed by atoms with Crippen LogP contribution >= 0.6 is 15.9 Å². The van der Waals surface area contributed by atoms with Crippen LogP contribution in [0.5, 0.6) is 0 Å². The van der Waals surface area contributed by atoms with Crippen molar-refractivity contribution in [3.63, 3.8) is 0 Å². The van der Waals surface area contributed by atoms with Crippen molar-refractivity contribution in [3.05, 3.63) is 46.7 Å². The molecular formula is C12H11BrN4O2. The maximum absolute atomic E-state index is 11.7. The zero-order valence-electron chi connectivity index (χ0n) is 9.81. The molecule has 0 bridgehead atoms. The molecule has 2 amide bonds. The summed E-state index contributed by atoms with van der Waals surface area (Å²) in [6.45, 7) is -0.0971. The smallest absolute Gasteiger partial charge is 0.251 e. The van der Waals surface area contributed by atoms with Gasteiger partial charge in [-0.2, -0.15) is 5.10 Å². The highest BCUT2D eigenvalue weighted by molar-refractivity contribution is 9.10. The highest BCUT2D eigenvalue weighted by Gasteiger charge is 2.08. The monoisotopic (exact) mass is 322 g/mol. The van der Waals surface area contributed by atoms with Crippen LogP contribution in [-0.2, 0) is 4.79 Å². The molecule has 2 rings (SSSR count). The Hall–Kier alpha value is -2.15. The van der Waals surface area contributed by atoms with Crippen LogP contribution in [0.15, 0.2) is 41.1 Å². The summed E-state index contributed by atoms with van der Waals surface area (Å²) in [7, 11) is 0. The van der Waals surface area contributed by atoms with E-state index in [-0.39, 0.29) is 18.4 Å². The minimum Gasteiger partial charge on any atom is -0.343 e. The molecule has 0 aliphatic heterocycles. The lowest BCUT2D eigenvalue weighted by molar-refractivity contribution is -0.115. The Morgan fingerprint density at radius 2 is 2.00 bits per heavy atom. The van der Waals surface area contributed by atoms with Gasteiger partial charge in [-0.15, -0.1) is 0 Å². The topological polar surface area (TPSA) is 86.9 Å². The van der Waals surface area contributed by atoms with Gasteiger partial charge in [-0.25, -0.2) is 0 Å². The number of rotatable bonds is 4. The number of nitrogens with one attached hydrogen (secondary N) is 3. The Morgan fingerprint density at radius 3 is 2.63 bits per heavy atom. The number of benzene rings is 1. The first-order valence-corrected chi connectivity index (χ1v) is 6.27. The van der Waals surface area contributed by atoms with Crippen LogP contribution in [0.3, 0.4) is 0 Å². The molecular weight excluding hydrogens is 312 g/mol. The average Bonchev–Trinajstić information content (AvgIpc) is 2.89. The lowest BCUT2D eigenvalue weighted by Gasteiger charge is -2.05. The number of H-pyrrole nitrogens is 1. The van der Waals surface area contributed by atoms with Gasteiger partial charge in [0.15, 0.2) is 0 Å². The van der Waals surface area contributed by atoms with Crippen LogP contribution < -0.4 is 10.6 Å². The van der Waals surface area contributed by atoms with Crippen molar-refractivity contribution in [3.8, 4) is 0 Å². The van der Waals surface area contributed by atoms with E-state index in [1.54, 1.807) is 30.5 Å². The van der Waals surface area contributed by atoms with Crippen LogP contribution in [0.4, 0.5) is 5.69 Å². The van der Waals surface area contributed by atoms with Gasteiger partial charge in [-0.1, -0.05) is 15.9 Å². The summed E-state index contributed by atoms with van der Waals surface area (Å²) in [5.41, 5.74) is 1.06. The Bertz CT molecular complexity index is 566. The third kappa shape index (κ3) is 3.92. The predicted molar refractivity (Wildman–Crippen MR) is 73.7 cm³/mol. The second kappa shape index (κ2) is 6.14. The van der Waals surface area contributed by atoms with Crippen molar-refractivity contribution in [2.75, 3.05) is 11.9 Å². The quantitative estimate of drug-likeness (QED) is 0.798. The molecule has 0 saturated heterocycles. The zero-order valence-corrected chi connectivity index (χ0v) is 11.4. The molecule has 19 heavy (non-hydrogen) atoms. The number of hydrogen-bond donors (Lipinski definition) is 3. The Balaban J connectivity index is 1.83. The number of carbonyl (C=O) groups excluding carboxylic acids is 2. The van der Waals surface area contributed by atoms with Gasteiger partial charge in [0.2, 0.25) is 5.91 Å². The van der Waals surface area contributed by atoms with E-state index in [9.17, 15) is 9.59 Å².